The van der Waals surface area contributed by atoms with Crippen molar-refractivity contribution < 1.29 is 0 Å². The maximum atomic E-state index is 8.75. The van der Waals surface area contributed by atoms with E-state index in [2.05, 4.69) is 15.3 Å². The lowest BCUT2D eigenvalue weighted by Crippen LogP contribution is -1.99. The van der Waals surface area contributed by atoms with Gasteiger partial charge in [0.2, 0.25) is 0 Å². The lowest BCUT2D eigenvalue weighted by Gasteiger charge is -2.05. The Bertz CT molecular complexity index is 568. The highest BCUT2D eigenvalue weighted by molar-refractivity contribution is 6.32. The molecule has 0 radical (unpaired) electrons. The number of benzene rings is 1. The number of aryl methyl sites for hydroxylation is 1. The number of aromatic amines is 1. The van der Waals surface area contributed by atoms with Crippen molar-refractivity contribution in [2.75, 3.05) is 5.32 Å². The van der Waals surface area contributed by atoms with Gasteiger partial charge in [-0.15, -0.1) is 0 Å². The molecule has 0 amide bonds. The molecule has 0 aliphatic carbocycles. The fourth-order valence-electron chi connectivity index (χ4n) is 1.47. The molecule has 0 aliphatic rings. The topological polar surface area (TPSA) is 64.5 Å². The highest BCUT2D eigenvalue weighted by Gasteiger charge is 2.01. The number of nitrogens with one attached hydrogen (secondary N) is 2. The summed E-state index contributed by atoms with van der Waals surface area (Å²) in [4.78, 5) is 7.23. The van der Waals surface area contributed by atoms with E-state index in [1.807, 2.05) is 19.1 Å². The van der Waals surface area contributed by atoms with Crippen LogP contribution in [0, 0.1) is 18.3 Å². The van der Waals surface area contributed by atoms with Gasteiger partial charge in [-0.05, 0) is 25.1 Å². The molecule has 2 N–H and O–H groups in total. The molecule has 1 aromatic heterocycles. The second kappa shape index (κ2) is 4.89. The fraction of sp³-hybridized carbons (Fsp3) is 0.167. The Morgan fingerprint density at radius 2 is 2.35 bits per heavy atom. The van der Waals surface area contributed by atoms with Crippen LogP contribution in [0.4, 0.5) is 5.69 Å². The number of imidazole rings is 1. The Morgan fingerprint density at radius 1 is 1.53 bits per heavy atom. The van der Waals surface area contributed by atoms with Crippen LogP contribution in [-0.4, -0.2) is 9.97 Å². The molecular weight excluding hydrogens is 236 g/mol. The monoisotopic (exact) mass is 246 g/mol. The first-order chi connectivity index (χ1) is 8.19. The summed E-state index contributed by atoms with van der Waals surface area (Å²) in [7, 11) is 0. The average Bonchev–Trinajstić information content (AvgIpc) is 2.73. The van der Waals surface area contributed by atoms with Gasteiger partial charge >= 0.3 is 0 Å². The number of hydrogen-bond acceptors (Lipinski definition) is 3. The van der Waals surface area contributed by atoms with E-state index in [4.69, 9.17) is 16.9 Å². The minimum Gasteiger partial charge on any atom is -0.379 e. The van der Waals surface area contributed by atoms with Crippen molar-refractivity contribution in [2.45, 2.75) is 13.5 Å². The van der Waals surface area contributed by atoms with Gasteiger partial charge in [0, 0.05) is 5.69 Å². The molecular formula is C12H11ClN4. The molecule has 2 rings (SSSR count). The smallest absolute Gasteiger partial charge is 0.103 e. The quantitative estimate of drug-likeness (QED) is 0.875. The fourth-order valence-corrected chi connectivity index (χ4v) is 1.70. The first-order valence-electron chi connectivity index (χ1n) is 5.13. The van der Waals surface area contributed by atoms with Crippen molar-refractivity contribution >= 4 is 17.3 Å². The molecule has 86 valence electrons. The molecule has 0 fully saturated rings. The van der Waals surface area contributed by atoms with Crippen molar-refractivity contribution in [3.05, 3.63) is 46.5 Å². The third-order valence-electron chi connectivity index (χ3n) is 2.33. The maximum absolute atomic E-state index is 8.75. The predicted octanol–water partition coefficient (Wildman–Crippen LogP) is 2.86. The first kappa shape index (κ1) is 11.5. The molecule has 17 heavy (non-hydrogen) atoms. The van der Waals surface area contributed by atoms with Gasteiger partial charge in [0.25, 0.3) is 0 Å². The summed E-state index contributed by atoms with van der Waals surface area (Å²) >= 11 is 5.93. The van der Waals surface area contributed by atoms with Gasteiger partial charge in [0.05, 0.1) is 29.0 Å². The summed E-state index contributed by atoms with van der Waals surface area (Å²) in [5, 5.41) is 12.4. The Hall–Kier alpha value is -1.99. The van der Waals surface area contributed by atoms with Gasteiger partial charge < -0.3 is 10.3 Å². The van der Waals surface area contributed by atoms with Gasteiger partial charge in [-0.2, -0.15) is 5.26 Å². The summed E-state index contributed by atoms with van der Waals surface area (Å²) in [5.41, 5.74) is 2.36. The zero-order valence-corrected chi connectivity index (χ0v) is 10.0. The van der Waals surface area contributed by atoms with Gasteiger partial charge in [-0.3, -0.25) is 0 Å². The lowest BCUT2D eigenvalue weighted by molar-refractivity contribution is 1.05. The van der Waals surface area contributed by atoms with Crippen molar-refractivity contribution in [1.82, 2.24) is 9.97 Å². The highest BCUT2D eigenvalue weighted by atomic mass is 35.5. The van der Waals surface area contributed by atoms with Crippen LogP contribution in [0.1, 0.15) is 17.1 Å². The molecule has 0 aliphatic heterocycles. The van der Waals surface area contributed by atoms with E-state index < -0.39 is 0 Å². The first-order valence-corrected chi connectivity index (χ1v) is 5.51. The van der Waals surface area contributed by atoms with Crippen LogP contribution in [0.3, 0.4) is 0 Å². The van der Waals surface area contributed by atoms with Crippen LogP contribution in [0.25, 0.3) is 0 Å². The number of anilines is 1. The minimum absolute atomic E-state index is 0.457. The Labute approximate surface area is 104 Å². The van der Waals surface area contributed by atoms with Gasteiger partial charge in [-0.25, -0.2) is 4.98 Å². The van der Waals surface area contributed by atoms with Crippen LogP contribution >= 0.6 is 11.6 Å². The van der Waals surface area contributed by atoms with Crippen LogP contribution < -0.4 is 5.32 Å². The molecule has 2 aromatic rings. The molecule has 5 heteroatoms. The molecule has 0 atom stereocenters. The normalized spacial score (nSPS) is 9.94. The van der Waals surface area contributed by atoms with Crippen molar-refractivity contribution in [3.8, 4) is 6.07 Å². The Balaban J connectivity index is 2.05. The summed E-state index contributed by atoms with van der Waals surface area (Å²) in [6.07, 6.45) is 1.79. The number of H-pyrrole nitrogens is 1. The molecule has 0 unspecified atom stereocenters. The van der Waals surface area contributed by atoms with Crippen LogP contribution in [0.2, 0.25) is 5.02 Å². The third-order valence-corrected chi connectivity index (χ3v) is 2.64. The number of halogens is 1. The lowest BCUT2D eigenvalue weighted by atomic mass is 10.2. The average molecular weight is 247 g/mol. The van der Waals surface area contributed by atoms with E-state index in [-0.39, 0.29) is 0 Å². The predicted molar refractivity (Wildman–Crippen MR) is 66.8 cm³/mol. The molecule has 0 spiro atoms. The summed E-state index contributed by atoms with van der Waals surface area (Å²) in [6.45, 7) is 2.55. The second-order valence-corrected chi connectivity index (χ2v) is 4.06. The molecule has 1 heterocycles. The summed E-state index contributed by atoms with van der Waals surface area (Å²) in [5.74, 6) is 0.889. The standard InChI is InChI=1S/C12H11ClN4/c1-8-15-6-11(17-8)7-16-10-3-2-9(5-14)12(13)4-10/h2-4,6,16H,7H2,1H3,(H,15,17). The van der Waals surface area contributed by atoms with Crippen molar-refractivity contribution in [1.29, 1.82) is 5.26 Å². The van der Waals surface area contributed by atoms with Crippen molar-refractivity contribution in [2.24, 2.45) is 0 Å². The van der Waals surface area contributed by atoms with E-state index >= 15 is 0 Å². The largest absolute Gasteiger partial charge is 0.379 e. The minimum atomic E-state index is 0.457. The van der Waals surface area contributed by atoms with E-state index in [0.29, 0.717) is 17.1 Å². The van der Waals surface area contributed by atoms with Gasteiger partial charge in [0.15, 0.2) is 0 Å². The zero-order chi connectivity index (χ0) is 12.3. The molecule has 1 aromatic carbocycles. The summed E-state index contributed by atoms with van der Waals surface area (Å²) < 4.78 is 0. The second-order valence-electron chi connectivity index (χ2n) is 3.65. The zero-order valence-electron chi connectivity index (χ0n) is 9.29. The van der Waals surface area contributed by atoms with Crippen molar-refractivity contribution in [3.63, 3.8) is 0 Å². The van der Waals surface area contributed by atoms with E-state index in [1.54, 1.807) is 18.3 Å². The number of aromatic nitrogens is 2. The van der Waals surface area contributed by atoms with Gasteiger partial charge in [0.1, 0.15) is 11.9 Å². The van der Waals surface area contributed by atoms with E-state index in [0.717, 1.165) is 17.2 Å². The Morgan fingerprint density at radius 3 is 2.94 bits per heavy atom. The summed E-state index contributed by atoms with van der Waals surface area (Å²) in [6, 6.07) is 7.29. The maximum Gasteiger partial charge on any atom is 0.103 e. The molecule has 0 saturated carbocycles. The number of nitrogens with zero attached hydrogens (tertiary/aromatic N) is 2. The van der Waals surface area contributed by atoms with Gasteiger partial charge in [-0.1, -0.05) is 11.6 Å². The van der Waals surface area contributed by atoms with E-state index in [9.17, 15) is 0 Å². The number of hydrogen-bond donors (Lipinski definition) is 2. The molecule has 4 nitrogen and oxygen atoms in total. The van der Waals surface area contributed by atoms with Crippen LogP contribution in [0.5, 0.6) is 0 Å². The molecule has 0 bridgehead atoms. The van der Waals surface area contributed by atoms with Crippen LogP contribution in [-0.2, 0) is 6.54 Å². The number of nitriles is 1. The third kappa shape index (κ3) is 2.77. The number of rotatable bonds is 3. The Kier molecular flexibility index (Phi) is 3.31. The molecule has 0 saturated heterocycles. The van der Waals surface area contributed by atoms with E-state index in [1.165, 1.54) is 0 Å². The van der Waals surface area contributed by atoms with Crippen LogP contribution in [0.15, 0.2) is 24.4 Å². The SMILES string of the molecule is Cc1ncc(CNc2ccc(C#N)c(Cl)c2)[nH]1. The highest BCUT2D eigenvalue weighted by Crippen LogP contribution is 2.20.